The molecule has 216 valence electrons. The zero-order valence-corrected chi connectivity index (χ0v) is 23.6. The largest absolute Gasteiger partial charge is 0.489 e. The van der Waals surface area contributed by atoms with Crippen molar-refractivity contribution in [1.82, 2.24) is 15.5 Å². The van der Waals surface area contributed by atoms with Gasteiger partial charge in [-0.05, 0) is 41.7 Å². The number of nitrogens with one attached hydrogen (secondary N) is 2. The van der Waals surface area contributed by atoms with Gasteiger partial charge in [0.1, 0.15) is 18.4 Å². The fourth-order valence-electron chi connectivity index (χ4n) is 4.90. The molecular formula is C33H40N4O4. The third-order valence-corrected chi connectivity index (χ3v) is 7.42. The van der Waals surface area contributed by atoms with Crippen molar-refractivity contribution in [2.45, 2.75) is 57.8 Å². The molecule has 8 heteroatoms. The molecule has 0 bridgehead atoms. The number of primary amides is 1. The van der Waals surface area contributed by atoms with Crippen molar-refractivity contribution in [3.8, 4) is 5.75 Å². The molecule has 41 heavy (non-hydrogen) atoms. The Morgan fingerprint density at radius 2 is 1.59 bits per heavy atom. The molecule has 1 aliphatic rings. The van der Waals surface area contributed by atoms with E-state index in [1.807, 2.05) is 72.8 Å². The van der Waals surface area contributed by atoms with Gasteiger partial charge in [-0.3, -0.25) is 19.3 Å². The molecule has 3 aromatic rings. The van der Waals surface area contributed by atoms with Gasteiger partial charge in [-0.15, -0.1) is 0 Å². The molecule has 0 saturated carbocycles. The fourth-order valence-corrected chi connectivity index (χ4v) is 4.90. The summed E-state index contributed by atoms with van der Waals surface area (Å²) in [5.41, 5.74) is 8.57. The number of nitrogens with zero attached hydrogens (tertiary/aromatic N) is 1. The number of amides is 3. The van der Waals surface area contributed by atoms with Crippen molar-refractivity contribution in [1.29, 1.82) is 0 Å². The van der Waals surface area contributed by atoms with Crippen molar-refractivity contribution in [3.05, 3.63) is 102 Å². The molecule has 1 saturated heterocycles. The smallest absolute Gasteiger partial charge is 0.243 e. The maximum absolute atomic E-state index is 13.4. The number of benzene rings is 3. The third kappa shape index (κ3) is 9.76. The first-order chi connectivity index (χ1) is 19.9. The van der Waals surface area contributed by atoms with Crippen LogP contribution in [0.15, 0.2) is 84.9 Å². The molecule has 0 spiro atoms. The highest BCUT2D eigenvalue weighted by Crippen LogP contribution is 2.17. The first-order valence-electron chi connectivity index (χ1n) is 14.3. The summed E-state index contributed by atoms with van der Waals surface area (Å²) in [6.07, 6.45) is 1.64. The van der Waals surface area contributed by atoms with E-state index in [9.17, 15) is 14.4 Å². The van der Waals surface area contributed by atoms with E-state index >= 15 is 0 Å². The van der Waals surface area contributed by atoms with Crippen molar-refractivity contribution in [2.24, 2.45) is 11.7 Å². The van der Waals surface area contributed by atoms with Gasteiger partial charge >= 0.3 is 0 Å². The standard InChI is InChI=1S/C33H40N4O4/c1-24(32(34)39)12-17-31(38)36-30(20-25-13-15-29(16-14-25)41-23-27-10-6-3-7-11-27)33(40)35-28-18-19-37(22-28)21-26-8-4-2-5-9-26/h2-11,13-16,24,28,30H,12,17-23H2,1H3,(H2,34,39)(H,35,40)(H,36,38). The zero-order chi connectivity index (χ0) is 29.0. The minimum Gasteiger partial charge on any atom is -0.489 e. The molecule has 3 amide bonds. The summed E-state index contributed by atoms with van der Waals surface area (Å²) in [5, 5.41) is 6.06. The summed E-state index contributed by atoms with van der Waals surface area (Å²) in [6.45, 7) is 4.65. The molecule has 3 atom stereocenters. The normalized spacial score (nSPS) is 16.5. The van der Waals surface area contributed by atoms with Crippen LogP contribution in [0.3, 0.4) is 0 Å². The maximum Gasteiger partial charge on any atom is 0.243 e. The van der Waals surface area contributed by atoms with Gasteiger partial charge in [-0.2, -0.15) is 0 Å². The van der Waals surface area contributed by atoms with Crippen molar-refractivity contribution in [3.63, 3.8) is 0 Å². The summed E-state index contributed by atoms with van der Waals surface area (Å²) >= 11 is 0. The predicted molar refractivity (Wildman–Crippen MR) is 159 cm³/mol. The minimum absolute atomic E-state index is 0.00857. The summed E-state index contributed by atoms with van der Waals surface area (Å²) in [5.74, 6) is -0.614. The molecule has 1 aliphatic heterocycles. The second-order valence-corrected chi connectivity index (χ2v) is 10.8. The summed E-state index contributed by atoms with van der Waals surface area (Å²) < 4.78 is 5.89. The highest BCUT2D eigenvalue weighted by Gasteiger charge is 2.28. The van der Waals surface area contributed by atoms with Gasteiger partial charge in [0.2, 0.25) is 17.7 Å². The van der Waals surface area contributed by atoms with Crippen LogP contribution in [0.4, 0.5) is 0 Å². The molecule has 4 N–H and O–H groups in total. The average molecular weight is 557 g/mol. The second kappa shape index (κ2) is 15.0. The zero-order valence-electron chi connectivity index (χ0n) is 23.6. The number of hydrogen-bond donors (Lipinski definition) is 3. The molecule has 0 radical (unpaired) electrons. The Kier molecular flexibility index (Phi) is 10.9. The number of rotatable bonds is 14. The van der Waals surface area contributed by atoms with Gasteiger partial charge in [0, 0.05) is 44.4 Å². The number of carbonyl (C=O) groups excluding carboxylic acids is 3. The van der Waals surface area contributed by atoms with Crippen LogP contribution in [0.2, 0.25) is 0 Å². The average Bonchev–Trinajstić information content (AvgIpc) is 3.42. The van der Waals surface area contributed by atoms with E-state index in [1.165, 1.54) is 5.56 Å². The first kappa shape index (κ1) is 29.8. The third-order valence-electron chi connectivity index (χ3n) is 7.42. The molecule has 3 unspecified atom stereocenters. The van der Waals surface area contributed by atoms with Crippen molar-refractivity contribution in [2.75, 3.05) is 13.1 Å². The Bertz CT molecular complexity index is 1270. The van der Waals surface area contributed by atoms with E-state index in [-0.39, 0.29) is 24.3 Å². The van der Waals surface area contributed by atoms with Crippen LogP contribution in [0.25, 0.3) is 0 Å². The van der Waals surface area contributed by atoms with Gasteiger partial charge in [-0.1, -0.05) is 79.7 Å². The Labute approximate surface area is 242 Å². The van der Waals surface area contributed by atoms with Gasteiger partial charge in [-0.25, -0.2) is 0 Å². The van der Waals surface area contributed by atoms with Crippen LogP contribution in [-0.4, -0.2) is 47.8 Å². The number of hydrogen-bond acceptors (Lipinski definition) is 5. The van der Waals surface area contributed by atoms with Gasteiger partial charge in [0.25, 0.3) is 0 Å². The lowest BCUT2D eigenvalue weighted by molar-refractivity contribution is -0.129. The first-order valence-corrected chi connectivity index (χ1v) is 14.3. The second-order valence-electron chi connectivity index (χ2n) is 10.8. The minimum atomic E-state index is -0.745. The molecule has 0 aromatic heterocycles. The number of ether oxygens (including phenoxy) is 1. The lowest BCUT2D eigenvalue weighted by Crippen LogP contribution is -2.51. The Morgan fingerprint density at radius 1 is 0.927 bits per heavy atom. The van der Waals surface area contributed by atoms with Crippen LogP contribution in [0.1, 0.15) is 42.9 Å². The summed E-state index contributed by atoms with van der Waals surface area (Å²) in [6, 6.07) is 27.1. The molecule has 1 fully saturated rings. The maximum atomic E-state index is 13.4. The lowest BCUT2D eigenvalue weighted by atomic mass is 10.0. The predicted octanol–water partition coefficient (Wildman–Crippen LogP) is 3.59. The summed E-state index contributed by atoms with van der Waals surface area (Å²) in [4.78, 5) is 39.9. The van der Waals surface area contributed by atoms with E-state index in [4.69, 9.17) is 10.5 Å². The van der Waals surface area contributed by atoms with Crippen molar-refractivity contribution >= 4 is 17.7 Å². The Morgan fingerprint density at radius 3 is 2.24 bits per heavy atom. The highest BCUT2D eigenvalue weighted by molar-refractivity contribution is 5.88. The SMILES string of the molecule is CC(CCC(=O)NC(Cc1ccc(OCc2ccccc2)cc1)C(=O)NC1CCN(Cc2ccccc2)C1)C(N)=O. The number of nitrogens with two attached hydrogens (primary N) is 1. The van der Waals surface area contributed by atoms with Crippen LogP contribution >= 0.6 is 0 Å². The lowest BCUT2D eigenvalue weighted by Gasteiger charge is -2.22. The molecule has 0 aliphatic carbocycles. The molecule has 4 rings (SSSR count). The van der Waals surface area contributed by atoms with Crippen LogP contribution in [0, 0.1) is 5.92 Å². The topological polar surface area (TPSA) is 114 Å². The number of likely N-dealkylation sites (tertiary alicyclic amines) is 1. The van der Waals surface area contributed by atoms with Gasteiger partial charge < -0.3 is 21.1 Å². The highest BCUT2D eigenvalue weighted by atomic mass is 16.5. The Hall–Kier alpha value is -4.17. The van der Waals surface area contributed by atoms with E-state index in [2.05, 4.69) is 27.7 Å². The van der Waals surface area contributed by atoms with E-state index in [0.29, 0.717) is 19.4 Å². The summed E-state index contributed by atoms with van der Waals surface area (Å²) in [7, 11) is 0. The van der Waals surface area contributed by atoms with Crippen molar-refractivity contribution < 1.29 is 19.1 Å². The quantitative estimate of drug-likeness (QED) is 0.281. The van der Waals surface area contributed by atoms with E-state index in [1.54, 1.807) is 6.92 Å². The van der Waals surface area contributed by atoms with Crippen LogP contribution in [-0.2, 0) is 34.0 Å². The fraction of sp³-hybridized carbons (Fsp3) is 0.364. The van der Waals surface area contributed by atoms with E-state index in [0.717, 1.165) is 42.9 Å². The molecule has 1 heterocycles. The number of carbonyl (C=O) groups is 3. The van der Waals surface area contributed by atoms with E-state index < -0.39 is 17.9 Å². The molecular weight excluding hydrogens is 516 g/mol. The molecule has 3 aromatic carbocycles. The van der Waals surface area contributed by atoms with Crippen LogP contribution in [0.5, 0.6) is 5.75 Å². The van der Waals surface area contributed by atoms with Gasteiger partial charge in [0.15, 0.2) is 0 Å². The molecule has 8 nitrogen and oxygen atoms in total. The van der Waals surface area contributed by atoms with Gasteiger partial charge in [0.05, 0.1) is 0 Å². The van der Waals surface area contributed by atoms with Crippen LogP contribution < -0.4 is 21.1 Å². The monoisotopic (exact) mass is 556 g/mol. The Balaban J connectivity index is 1.35.